The first kappa shape index (κ1) is 12.3. The second kappa shape index (κ2) is 4.36. The lowest BCUT2D eigenvalue weighted by Gasteiger charge is -2.15. The van der Waals surface area contributed by atoms with Crippen LogP contribution in [0.25, 0.3) is 0 Å². The van der Waals surface area contributed by atoms with Crippen molar-refractivity contribution in [2.75, 3.05) is 13.1 Å². The lowest BCUT2D eigenvalue weighted by atomic mass is 10.3. The van der Waals surface area contributed by atoms with Gasteiger partial charge in [-0.05, 0) is 0 Å². The van der Waals surface area contributed by atoms with Crippen LogP contribution >= 0.6 is 0 Å². The van der Waals surface area contributed by atoms with Crippen LogP contribution in [-0.2, 0) is 4.79 Å². The number of β-amino-alcohol motifs (C(OH)–C–C–N with tert-alkyl or cyclic N) is 2. The van der Waals surface area contributed by atoms with Gasteiger partial charge in [0, 0.05) is 19.5 Å². The number of amides is 1. The summed E-state index contributed by atoms with van der Waals surface area (Å²) in [4.78, 5) is 12.2. The summed E-state index contributed by atoms with van der Waals surface area (Å²) in [5, 5.41) is 18.2. The molecular formula is C8H12F3NO3. The van der Waals surface area contributed by atoms with E-state index in [4.69, 9.17) is 10.2 Å². The molecule has 0 aliphatic carbocycles. The number of hydrogen-bond acceptors (Lipinski definition) is 3. The Kier molecular flexibility index (Phi) is 3.56. The van der Waals surface area contributed by atoms with Gasteiger partial charge in [0.1, 0.15) is 0 Å². The normalized spacial score (nSPS) is 27.1. The SMILES string of the molecule is O=C(CCC(F)(F)F)N1CC(O)C(O)C1. The molecule has 2 unspecified atom stereocenters. The number of aliphatic hydroxyl groups excluding tert-OH is 2. The summed E-state index contributed by atoms with van der Waals surface area (Å²) in [6, 6.07) is 0. The predicted molar refractivity (Wildman–Crippen MR) is 43.9 cm³/mol. The quantitative estimate of drug-likeness (QED) is 0.692. The molecule has 4 nitrogen and oxygen atoms in total. The second-order valence-electron chi connectivity index (χ2n) is 3.55. The Balaban J connectivity index is 2.36. The molecule has 0 aromatic heterocycles. The van der Waals surface area contributed by atoms with Crippen LogP contribution in [0.15, 0.2) is 0 Å². The van der Waals surface area contributed by atoms with E-state index in [1.165, 1.54) is 0 Å². The number of hydrogen-bond donors (Lipinski definition) is 2. The Morgan fingerprint density at radius 2 is 1.73 bits per heavy atom. The Morgan fingerprint density at radius 1 is 1.27 bits per heavy atom. The zero-order valence-electron chi connectivity index (χ0n) is 7.87. The van der Waals surface area contributed by atoms with E-state index >= 15 is 0 Å². The predicted octanol–water partition coefficient (Wildman–Crippen LogP) is -0.107. The van der Waals surface area contributed by atoms with E-state index in [1.54, 1.807) is 0 Å². The number of aliphatic hydroxyl groups is 2. The molecule has 1 amide bonds. The average molecular weight is 227 g/mol. The van der Waals surface area contributed by atoms with E-state index in [1.807, 2.05) is 0 Å². The minimum absolute atomic E-state index is 0.0993. The van der Waals surface area contributed by atoms with Crippen LogP contribution in [0.3, 0.4) is 0 Å². The highest BCUT2D eigenvalue weighted by Crippen LogP contribution is 2.22. The zero-order valence-corrected chi connectivity index (χ0v) is 7.87. The molecule has 0 saturated carbocycles. The van der Waals surface area contributed by atoms with E-state index in [9.17, 15) is 18.0 Å². The number of carbonyl (C=O) groups is 1. The highest BCUT2D eigenvalue weighted by atomic mass is 19.4. The molecule has 1 fully saturated rings. The van der Waals surface area contributed by atoms with Crippen LogP contribution in [0.4, 0.5) is 13.2 Å². The fraction of sp³-hybridized carbons (Fsp3) is 0.875. The molecule has 1 heterocycles. The monoisotopic (exact) mass is 227 g/mol. The minimum Gasteiger partial charge on any atom is -0.388 e. The summed E-state index contributed by atoms with van der Waals surface area (Å²) in [6.07, 6.45) is -8.27. The van der Waals surface area contributed by atoms with E-state index in [0.717, 1.165) is 4.90 Å². The van der Waals surface area contributed by atoms with E-state index in [2.05, 4.69) is 0 Å². The lowest BCUT2D eigenvalue weighted by Crippen LogP contribution is -2.30. The van der Waals surface area contributed by atoms with Crippen LogP contribution in [0.5, 0.6) is 0 Å². The Hall–Kier alpha value is -0.820. The number of rotatable bonds is 2. The number of alkyl halides is 3. The molecule has 88 valence electrons. The standard InChI is InChI=1S/C8H12F3NO3/c9-8(10,11)2-1-7(15)12-3-5(13)6(14)4-12/h5-6,13-14H,1-4H2. The zero-order chi connectivity index (χ0) is 11.6. The fourth-order valence-corrected chi connectivity index (χ4v) is 1.38. The first-order valence-electron chi connectivity index (χ1n) is 4.50. The third-order valence-electron chi connectivity index (χ3n) is 2.23. The van der Waals surface area contributed by atoms with Crippen LogP contribution in [0.1, 0.15) is 12.8 Å². The highest BCUT2D eigenvalue weighted by Gasteiger charge is 2.34. The Bertz CT molecular complexity index is 234. The van der Waals surface area contributed by atoms with Crippen molar-refractivity contribution in [2.45, 2.75) is 31.2 Å². The molecule has 2 atom stereocenters. The van der Waals surface area contributed by atoms with Crippen molar-refractivity contribution in [3.05, 3.63) is 0 Å². The van der Waals surface area contributed by atoms with Crippen molar-refractivity contribution in [3.8, 4) is 0 Å². The minimum atomic E-state index is -4.35. The van der Waals surface area contributed by atoms with Crippen LogP contribution in [-0.4, -0.2) is 52.5 Å². The van der Waals surface area contributed by atoms with Gasteiger partial charge >= 0.3 is 6.18 Å². The van der Waals surface area contributed by atoms with E-state index in [0.29, 0.717) is 0 Å². The topological polar surface area (TPSA) is 60.8 Å². The van der Waals surface area contributed by atoms with E-state index in [-0.39, 0.29) is 13.1 Å². The second-order valence-corrected chi connectivity index (χ2v) is 3.55. The summed E-state index contributed by atoms with van der Waals surface area (Å²) >= 11 is 0. The molecule has 2 N–H and O–H groups in total. The van der Waals surface area contributed by atoms with Gasteiger partial charge in [-0.15, -0.1) is 0 Å². The maximum atomic E-state index is 11.8. The van der Waals surface area contributed by atoms with Crippen LogP contribution < -0.4 is 0 Å². The molecule has 7 heteroatoms. The molecule has 1 aliphatic rings. The first-order chi connectivity index (χ1) is 6.79. The molecule has 1 saturated heterocycles. The van der Waals surface area contributed by atoms with Gasteiger partial charge in [0.25, 0.3) is 0 Å². The summed E-state index contributed by atoms with van der Waals surface area (Å²) < 4.78 is 35.4. The smallest absolute Gasteiger partial charge is 0.388 e. The number of nitrogens with zero attached hydrogens (tertiary/aromatic N) is 1. The molecule has 1 aliphatic heterocycles. The van der Waals surface area contributed by atoms with Crippen molar-refractivity contribution in [1.82, 2.24) is 4.90 Å². The molecule has 0 spiro atoms. The fourth-order valence-electron chi connectivity index (χ4n) is 1.38. The van der Waals surface area contributed by atoms with Gasteiger partial charge in [-0.3, -0.25) is 4.79 Å². The number of halogens is 3. The number of carbonyl (C=O) groups excluding carboxylic acids is 1. The van der Waals surface area contributed by atoms with Gasteiger partial charge in [0.2, 0.25) is 5.91 Å². The maximum Gasteiger partial charge on any atom is 0.389 e. The Morgan fingerprint density at radius 3 is 2.13 bits per heavy atom. The van der Waals surface area contributed by atoms with Gasteiger partial charge in [0.05, 0.1) is 18.6 Å². The molecule has 0 bridgehead atoms. The third kappa shape index (κ3) is 3.67. The first-order valence-corrected chi connectivity index (χ1v) is 4.50. The van der Waals surface area contributed by atoms with Gasteiger partial charge < -0.3 is 15.1 Å². The van der Waals surface area contributed by atoms with Crippen molar-refractivity contribution >= 4 is 5.91 Å². The number of likely N-dealkylation sites (tertiary alicyclic amines) is 1. The molecule has 0 aromatic rings. The summed E-state index contributed by atoms with van der Waals surface area (Å²) in [5.74, 6) is -0.692. The maximum absolute atomic E-state index is 11.8. The molecule has 15 heavy (non-hydrogen) atoms. The summed E-state index contributed by atoms with van der Waals surface area (Å²) in [5.41, 5.74) is 0. The molecular weight excluding hydrogens is 215 g/mol. The molecule has 0 aromatic carbocycles. The molecule has 0 radical (unpaired) electrons. The van der Waals surface area contributed by atoms with Gasteiger partial charge in [-0.1, -0.05) is 0 Å². The van der Waals surface area contributed by atoms with Crippen LogP contribution in [0.2, 0.25) is 0 Å². The van der Waals surface area contributed by atoms with Crippen molar-refractivity contribution in [3.63, 3.8) is 0 Å². The highest BCUT2D eigenvalue weighted by molar-refractivity contribution is 5.76. The van der Waals surface area contributed by atoms with Gasteiger partial charge in [0.15, 0.2) is 0 Å². The average Bonchev–Trinajstić information content (AvgIpc) is 2.42. The van der Waals surface area contributed by atoms with Gasteiger partial charge in [-0.25, -0.2) is 0 Å². The lowest BCUT2D eigenvalue weighted by molar-refractivity contribution is -0.148. The van der Waals surface area contributed by atoms with Crippen LogP contribution in [0, 0.1) is 0 Å². The largest absolute Gasteiger partial charge is 0.389 e. The van der Waals surface area contributed by atoms with Crippen molar-refractivity contribution in [2.24, 2.45) is 0 Å². The summed E-state index contributed by atoms with van der Waals surface area (Å²) in [6.45, 7) is -0.199. The summed E-state index contributed by atoms with van der Waals surface area (Å²) in [7, 11) is 0. The Labute approximate surface area is 84.3 Å². The molecule has 1 rings (SSSR count). The van der Waals surface area contributed by atoms with E-state index < -0.39 is 37.1 Å². The van der Waals surface area contributed by atoms with Crippen molar-refractivity contribution in [1.29, 1.82) is 0 Å². The van der Waals surface area contributed by atoms with Gasteiger partial charge in [-0.2, -0.15) is 13.2 Å². The third-order valence-corrected chi connectivity index (χ3v) is 2.23. The van der Waals surface area contributed by atoms with Crippen molar-refractivity contribution < 1.29 is 28.2 Å².